The molecule has 0 spiro atoms. The zero-order chi connectivity index (χ0) is 27.8. The number of hydrogen-bond acceptors (Lipinski definition) is 7. The molecule has 1 aromatic heterocycles. The molecular weight excluding hydrogens is 542 g/mol. The Morgan fingerprint density at radius 3 is 2.46 bits per heavy atom. The summed E-state index contributed by atoms with van der Waals surface area (Å²) < 4.78 is 28.4. The summed E-state index contributed by atoms with van der Waals surface area (Å²) in [5.41, 5.74) is 3.05. The molecule has 1 unspecified atom stereocenters. The molecule has 1 atom stereocenters. The first-order valence-corrected chi connectivity index (χ1v) is 14.5. The first kappa shape index (κ1) is 27.3. The van der Waals surface area contributed by atoms with E-state index in [-0.39, 0.29) is 24.0 Å². The Balaban J connectivity index is 1.34. The zero-order valence-corrected chi connectivity index (χ0v) is 23.0. The number of nitrogens with one attached hydrogen (secondary N) is 1. The summed E-state index contributed by atoms with van der Waals surface area (Å²) in [6, 6.07) is 13.7. The number of amides is 1. The SMILES string of the molecule is CC1(CC(=O)O)CN(S(=O)(=O)c2ccc3cc(Cl)ccc3c2)CC(=O)N1NC1CCN(c2ccncc2)CC1. The van der Waals surface area contributed by atoms with E-state index in [0.29, 0.717) is 10.4 Å². The van der Waals surface area contributed by atoms with Crippen molar-refractivity contribution in [3.63, 3.8) is 0 Å². The number of carboxylic acids is 1. The summed E-state index contributed by atoms with van der Waals surface area (Å²) in [5, 5.41) is 13.1. The molecule has 12 heteroatoms. The molecule has 2 fully saturated rings. The minimum Gasteiger partial charge on any atom is -0.481 e. The van der Waals surface area contributed by atoms with Crippen LogP contribution in [0.4, 0.5) is 5.69 Å². The van der Waals surface area contributed by atoms with E-state index in [4.69, 9.17) is 11.6 Å². The summed E-state index contributed by atoms with van der Waals surface area (Å²) in [6.07, 6.45) is 4.55. The van der Waals surface area contributed by atoms with Crippen LogP contribution in [0.25, 0.3) is 10.8 Å². The van der Waals surface area contributed by atoms with Crippen molar-refractivity contribution in [3.05, 3.63) is 65.9 Å². The maximum absolute atomic E-state index is 13.6. The number of hydrogen-bond donors (Lipinski definition) is 2. The van der Waals surface area contributed by atoms with Crippen LogP contribution in [0.5, 0.6) is 0 Å². The van der Waals surface area contributed by atoms with Crippen molar-refractivity contribution in [1.82, 2.24) is 19.7 Å². The number of aromatic nitrogens is 1. The van der Waals surface area contributed by atoms with E-state index in [1.165, 1.54) is 11.1 Å². The number of piperidine rings is 1. The topological polar surface area (TPSA) is 123 Å². The van der Waals surface area contributed by atoms with Crippen molar-refractivity contribution in [2.45, 2.75) is 42.7 Å². The fourth-order valence-corrected chi connectivity index (χ4v) is 7.12. The van der Waals surface area contributed by atoms with Crippen LogP contribution < -0.4 is 10.3 Å². The van der Waals surface area contributed by atoms with E-state index in [1.54, 1.807) is 49.6 Å². The number of hydrazine groups is 1. The lowest BCUT2D eigenvalue weighted by Gasteiger charge is -2.49. The number of rotatable bonds is 7. The van der Waals surface area contributed by atoms with Crippen LogP contribution >= 0.6 is 11.6 Å². The second-order valence-corrected chi connectivity index (χ2v) is 12.7. The molecule has 39 heavy (non-hydrogen) atoms. The molecule has 206 valence electrons. The van der Waals surface area contributed by atoms with E-state index in [0.717, 1.165) is 41.3 Å². The molecule has 2 aliphatic heterocycles. The van der Waals surface area contributed by atoms with Gasteiger partial charge in [-0.05, 0) is 66.9 Å². The van der Waals surface area contributed by atoms with E-state index < -0.39 is 33.9 Å². The van der Waals surface area contributed by atoms with Gasteiger partial charge in [0.2, 0.25) is 10.0 Å². The predicted molar refractivity (Wildman–Crippen MR) is 148 cm³/mol. The smallest absolute Gasteiger partial charge is 0.305 e. The van der Waals surface area contributed by atoms with Crippen LogP contribution in [-0.4, -0.2) is 77.5 Å². The van der Waals surface area contributed by atoms with E-state index in [2.05, 4.69) is 15.3 Å². The molecular formula is C27H30ClN5O5S. The van der Waals surface area contributed by atoms with Gasteiger partial charge in [0.1, 0.15) is 0 Å². The Kier molecular flexibility index (Phi) is 7.51. The molecule has 2 aromatic carbocycles. The number of nitrogens with zero attached hydrogens (tertiary/aromatic N) is 4. The third-order valence-corrected chi connectivity index (χ3v) is 9.42. The van der Waals surface area contributed by atoms with Gasteiger partial charge in [0.05, 0.1) is 23.4 Å². The number of pyridine rings is 1. The van der Waals surface area contributed by atoms with E-state index >= 15 is 0 Å². The van der Waals surface area contributed by atoms with Gasteiger partial charge in [-0.3, -0.25) is 19.6 Å². The molecule has 1 amide bonds. The third kappa shape index (κ3) is 5.72. The quantitative estimate of drug-likeness (QED) is 0.443. The average Bonchev–Trinajstić information content (AvgIpc) is 2.90. The molecule has 0 aliphatic carbocycles. The standard InChI is InChI=1S/C27H30ClN5O5S/c1-27(16-26(35)36)18-32(39(37,38)24-5-3-19-14-21(28)4-2-20(19)15-24)17-25(34)33(27)30-22-8-12-31(13-9-22)23-6-10-29-11-7-23/h2-7,10-11,14-15,22,30H,8-9,12-13,16-18H2,1H3,(H,35,36). The summed E-state index contributed by atoms with van der Waals surface area (Å²) >= 11 is 6.05. The molecule has 10 nitrogen and oxygen atoms in total. The van der Waals surface area contributed by atoms with Crippen LogP contribution in [0.2, 0.25) is 5.02 Å². The normalized spacial score (nSPS) is 21.4. The Labute approximate surface area is 232 Å². The summed E-state index contributed by atoms with van der Waals surface area (Å²) in [4.78, 5) is 31.6. The monoisotopic (exact) mass is 571 g/mol. The molecule has 3 aromatic rings. The van der Waals surface area contributed by atoms with Gasteiger partial charge in [-0.25, -0.2) is 13.8 Å². The molecule has 0 radical (unpaired) electrons. The number of piperazine rings is 1. The summed E-state index contributed by atoms with van der Waals surface area (Å²) in [6.45, 7) is 2.58. The molecule has 0 bridgehead atoms. The average molecular weight is 572 g/mol. The number of carbonyl (C=O) groups excluding carboxylic acids is 1. The highest BCUT2D eigenvalue weighted by molar-refractivity contribution is 7.89. The molecule has 2 N–H and O–H groups in total. The maximum Gasteiger partial charge on any atom is 0.305 e. The minimum atomic E-state index is -4.08. The first-order valence-electron chi connectivity index (χ1n) is 12.7. The molecule has 5 rings (SSSR count). The second-order valence-electron chi connectivity index (χ2n) is 10.3. The number of carboxylic acid groups (broad SMARTS) is 1. The van der Waals surface area contributed by atoms with Crippen LogP contribution in [-0.2, 0) is 19.6 Å². The van der Waals surface area contributed by atoms with E-state index in [1.807, 2.05) is 12.1 Å². The highest BCUT2D eigenvalue weighted by atomic mass is 35.5. The predicted octanol–water partition coefficient (Wildman–Crippen LogP) is 3.13. The third-order valence-electron chi connectivity index (χ3n) is 7.40. The van der Waals surface area contributed by atoms with Crippen LogP contribution in [0.15, 0.2) is 65.8 Å². The lowest BCUT2D eigenvalue weighted by molar-refractivity contribution is -0.155. The number of benzene rings is 2. The van der Waals surface area contributed by atoms with Crippen LogP contribution in [0.1, 0.15) is 26.2 Å². The number of carbonyl (C=O) groups is 2. The van der Waals surface area contributed by atoms with Crippen molar-refractivity contribution < 1.29 is 23.1 Å². The maximum atomic E-state index is 13.6. The summed E-state index contributed by atoms with van der Waals surface area (Å²) in [5.74, 6) is -1.61. The molecule has 0 saturated carbocycles. The fraction of sp³-hybridized carbons (Fsp3) is 0.370. The van der Waals surface area contributed by atoms with Crippen molar-refractivity contribution in [1.29, 1.82) is 0 Å². The van der Waals surface area contributed by atoms with Gasteiger partial charge in [0.25, 0.3) is 5.91 Å². The van der Waals surface area contributed by atoms with Crippen LogP contribution in [0.3, 0.4) is 0 Å². The molecule has 2 saturated heterocycles. The van der Waals surface area contributed by atoms with Gasteiger partial charge in [-0.15, -0.1) is 0 Å². The number of anilines is 1. The zero-order valence-electron chi connectivity index (χ0n) is 21.5. The Bertz CT molecular complexity index is 1500. The molecule has 2 aliphatic rings. The molecule has 3 heterocycles. The van der Waals surface area contributed by atoms with Gasteiger partial charge in [0, 0.05) is 48.8 Å². The van der Waals surface area contributed by atoms with E-state index in [9.17, 15) is 23.1 Å². The first-order chi connectivity index (χ1) is 18.5. The highest BCUT2D eigenvalue weighted by Gasteiger charge is 2.48. The second kappa shape index (κ2) is 10.7. The van der Waals surface area contributed by atoms with Crippen molar-refractivity contribution in [2.24, 2.45) is 0 Å². The Morgan fingerprint density at radius 2 is 1.77 bits per heavy atom. The van der Waals surface area contributed by atoms with Crippen molar-refractivity contribution >= 4 is 50.0 Å². The van der Waals surface area contributed by atoms with Gasteiger partial charge < -0.3 is 10.0 Å². The number of sulfonamides is 1. The van der Waals surface area contributed by atoms with Crippen molar-refractivity contribution in [3.8, 4) is 0 Å². The largest absolute Gasteiger partial charge is 0.481 e. The fourth-order valence-electron chi connectivity index (χ4n) is 5.40. The van der Waals surface area contributed by atoms with Crippen molar-refractivity contribution in [2.75, 3.05) is 31.1 Å². The van der Waals surface area contributed by atoms with Gasteiger partial charge in [-0.2, -0.15) is 4.31 Å². The lowest BCUT2D eigenvalue weighted by atomic mass is 9.94. The van der Waals surface area contributed by atoms with Gasteiger partial charge in [-0.1, -0.05) is 23.7 Å². The number of fused-ring (bicyclic) bond motifs is 1. The lowest BCUT2D eigenvalue weighted by Crippen LogP contribution is -2.70. The van der Waals surface area contributed by atoms with Gasteiger partial charge in [0.15, 0.2) is 0 Å². The Morgan fingerprint density at radius 1 is 1.10 bits per heavy atom. The number of aliphatic carboxylic acids is 1. The summed E-state index contributed by atoms with van der Waals surface area (Å²) in [7, 11) is -4.08. The number of halogens is 1. The van der Waals surface area contributed by atoms with Gasteiger partial charge >= 0.3 is 5.97 Å². The van der Waals surface area contributed by atoms with Crippen LogP contribution in [0, 0.1) is 0 Å². The highest BCUT2D eigenvalue weighted by Crippen LogP contribution is 2.31. The Hall–Kier alpha value is -3.25. The minimum absolute atomic E-state index is 0.0349.